The van der Waals surface area contributed by atoms with Crippen LogP contribution in [0, 0.1) is 24.1 Å². The summed E-state index contributed by atoms with van der Waals surface area (Å²) >= 11 is 0. The van der Waals surface area contributed by atoms with Crippen molar-refractivity contribution in [3.8, 4) is 11.8 Å². The smallest absolute Gasteiger partial charge is 0.167 e. The molecule has 0 heterocycles. The van der Waals surface area contributed by atoms with E-state index in [2.05, 4.69) is 11.4 Å². The maximum absolute atomic E-state index is 13.5. The summed E-state index contributed by atoms with van der Waals surface area (Å²) in [6.45, 7) is 1.86. The molecule has 0 aliphatic rings. The number of anilines is 2. The summed E-state index contributed by atoms with van der Waals surface area (Å²) in [6.07, 6.45) is 0. The summed E-state index contributed by atoms with van der Waals surface area (Å²) in [5.41, 5.74) is 2.94. The lowest BCUT2D eigenvalue weighted by Gasteiger charge is -2.09. The van der Waals surface area contributed by atoms with Crippen molar-refractivity contribution >= 4 is 11.4 Å². The van der Waals surface area contributed by atoms with Crippen molar-refractivity contribution in [1.29, 1.82) is 5.26 Å². The van der Waals surface area contributed by atoms with Gasteiger partial charge in [-0.15, -0.1) is 0 Å². The van der Waals surface area contributed by atoms with Gasteiger partial charge in [-0.25, -0.2) is 4.39 Å². The molecule has 0 fully saturated rings. The van der Waals surface area contributed by atoms with Crippen LogP contribution < -0.4 is 10.1 Å². The lowest BCUT2D eigenvalue weighted by Crippen LogP contribution is -1.94. The van der Waals surface area contributed by atoms with Gasteiger partial charge in [0.2, 0.25) is 0 Å². The molecule has 0 aromatic heterocycles. The maximum atomic E-state index is 13.5. The van der Waals surface area contributed by atoms with Gasteiger partial charge in [-0.05, 0) is 42.8 Å². The van der Waals surface area contributed by atoms with Gasteiger partial charge in [0, 0.05) is 17.4 Å². The van der Waals surface area contributed by atoms with Crippen LogP contribution in [0.3, 0.4) is 0 Å². The van der Waals surface area contributed by atoms with Gasteiger partial charge in [0.1, 0.15) is 0 Å². The summed E-state index contributed by atoms with van der Waals surface area (Å²) in [7, 11) is 1.43. The second-order valence-electron chi connectivity index (χ2n) is 4.12. The highest BCUT2D eigenvalue weighted by Crippen LogP contribution is 2.24. The summed E-state index contributed by atoms with van der Waals surface area (Å²) in [6, 6.07) is 12.1. The number of benzene rings is 2. The topological polar surface area (TPSA) is 45.0 Å². The fourth-order valence-corrected chi connectivity index (χ4v) is 1.78. The largest absolute Gasteiger partial charge is 0.494 e. The highest BCUT2D eigenvalue weighted by molar-refractivity contribution is 5.62. The Morgan fingerprint density at radius 1 is 1.16 bits per heavy atom. The van der Waals surface area contributed by atoms with Crippen LogP contribution in [-0.2, 0) is 0 Å². The number of hydrogen-bond acceptors (Lipinski definition) is 3. The molecule has 0 saturated heterocycles. The number of halogens is 1. The molecule has 2 aromatic carbocycles. The van der Waals surface area contributed by atoms with Crippen molar-refractivity contribution < 1.29 is 9.13 Å². The van der Waals surface area contributed by atoms with Crippen LogP contribution in [0.4, 0.5) is 15.8 Å². The average molecular weight is 256 g/mol. The van der Waals surface area contributed by atoms with Gasteiger partial charge < -0.3 is 10.1 Å². The van der Waals surface area contributed by atoms with E-state index in [4.69, 9.17) is 10.00 Å². The predicted octanol–water partition coefficient (Wildman–Crippen LogP) is 3.76. The third-order valence-electron chi connectivity index (χ3n) is 2.79. The van der Waals surface area contributed by atoms with E-state index < -0.39 is 5.82 Å². The number of hydrogen-bond donors (Lipinski definition) is 1. The van der Waals surface area contributed by atoms with Gasteiger partial charge in [0.05, 0.1) is 18.7 Å². The number of ether oxygens (including phenoxy) is 1. The van der Waals surface area contributed by atoms with Crippen molar-refractivity contribution in [2.75, 3.05) is 12.4 Å². The second-order valence-corrected chi connectivity index (χ2v) is 4.12. The van der Waals surface area contributed by atoms with Crippen LogP contribution in [-0.4, -0.2) is 7.11 Å². The van der Waals surface area contributed by atoms with Crippen molar-refractivity contribution in [3.63, 3.8) is 0 Å². The van der Waals surface area contributed by atoms with Gasteiger partial charge >= 0.3 is 0 Å². The minimum Gasteiger partial charge on any atom is -0.494 e. The van der Waals surface area contributed by atoms with Crippen LogP contribution in [0.1, 0.15) is 11.1 Å². The van der Waals surface area contributed by atoms with Crippen LogP contribution >= 0.6 is 0 Å². The van der Waals surface area contributed by atoms with Crippen molar-refractivity contribution in [2.45, 2.75) is 6.92 Å². The minimum atomic E-state index is -0.419. The van der Waals surface area contributed by atoms with E-state index in [-0.39, 0.29) is 5.75 Å². The first-order valence-corrected chi connectivity index (χ1v) is 5.75. The molecule has 0 spiro atoms. The fourth-order valence-electron chi connectivity index (χ4n) is 1.78. The summed E-state index contributed by atoms with van der Waals surface area (Å²) in [4.78, 5) is 0. The van der Waals surface area contributed by atoms with Gasteiger partial charge in [-0.2, -0.15) is 5.26 Å². The van der Waals surface area contributed by atoms with E-state index in [9.17, 15) is 4.39 Å². The zero-order chi connectivity index (χ0) is 13.8. The molecule has 0 radical (unpaired) electrons. The van der Waals surface area contributed by atoms with Crippen LogP contribution in [0.15, 0.2) is 36.4 Å². The van der Waals surface area contributed by atoms with Crippen LogP contribution in [0.25, 0.3) is 0 Å². The predicted molar refractivity (Wildman–Crippen MR) is 72.1 cm³/mol. The van der Waals surface area contributed by atoms with E-state index in [0.717, 1.165) is 11.3 Å². The highest BCUT2D eigenvalue weighted by Gasteiger charge is 2.04. The van der Waals surface area contributed by atoms with Crippen molar-refractivity contribution in [2.24, 2.45) is 0 Å². The molecule has 4 heteroatoms. The molecule has 96 valence electrons. The van der Waals surface area contributed by atoms with E-state index in [1.165, 1.54) is 13.2 Å². The first-order valence-electron chi connectivity index (χ1n) is 5.75. The third kappa shape index (κ3) is 2.83. The molecule has 0 aliphatic heterocycles. The Hall–Kier alpha value is -2.54. The van der Waals surface area contributed by atoms with Gasteiger partial charge in [0.15, 0.2) is 11.6 Å². The zero-order valence-electron chi connectivity index (χ0n) is 10.7. The second kappa shape index (κ2) is 5.40. The number of nitrogens with one attached hydrogen (secondary N) is 1. The Labute approximate surface area is 111 Å². The quantitative estimate of drug-likeness (QED) is 0.909. The molecule has 1 N–H and O–H groups in total. The molecule has 19 heavy (non-hydrogen) atoms. The monoisotopic (exact) mass is 256 g/mol. The Morgan fingerprint density at radius 2 is 1.84 bits per heavy atom. The molecular weight excluding hydrogens is 243 g/mol. The molecule has 0 amide bonds. The molecule has 2 aromatic rings. The SMILES string of the molecule is COc1ccc(Nc2ccc(C#N)c(C)c2)cc1F. The molecule has 0 atom stereocenters. The number of nitrogens with zero attached hydrogens (tertiary/aromatic N) is 1. The normalized spacial score (nSPS) is 9.79. The average Bonchev–Trinajstić information content (AvgIpc) is 2.39. The first-order chi connectivity index (χ1) is 9.13. The molecule has 3 nitrogen and oxygen atoms in total. The molecule has 0 bridgehead atoms. The van der Waals surface area contributed by atoms with Gasteiger partial charge in [0.25, 0.3) is 0 Å². The Kier molecular flexibility index (Phi) is 3.67. The van der Waals surface area contributed by atoms with Gasteiger partial charge in [-0.1, -0.05) is 0 Å². The van der Waals surface area contributed by atoms with Gasteiger partial charge in [-0.3, -0.25) is 0 Å². The highest BCUT2D eigenvalue weighted by atomic mass is 19.1. The fraction of sp³-hybridized carbons (Fsp3) is 0.133. The number of aryl methyl sites for hydroxylation is 1. The van der Waals surface area contributed by atoms with Crippen molar-refractivity contribution in [3.05, 3.63) is 53.3 Å². The number of rotatable bonds is 3. The third-order valence-corrected chi connectivity index (χ3v) is 2.79. The van der Waals surface area contributed by atoms with Crippen LogP contribution in [0.5, 0.6) is 5.75 Å². The summed E-state index contributed by atoms with van der Waals surface area (Å²) in [5.74, 6) is -0.209. The van der Waals surface area contributed by atoms with E-state index in [1.807, 2.05) is 13.0 Å². The lowest BCUT2D eigenvalue weighted by molar-refractivity contribution is 0.386. The molecule has 2 rings (SSSR count). The van der Waals surface area contributed by atoms with E-state index in [1.54, 1.807) is 24.3 Å². The Balaban J connectivity index is 2.24. The van der Waals surface area contributed by atoms with E-state index in [0.29, 0.717) is 11.3 Å². The summed E-state index contributed by atoms with van der Waals surface area (Å²) < 4.78 is 18.4. The minimum absolute atomic E-state index is 0.210. The van der Waals surface area contributed by atoms with Crippen molar-refractivity contribution in [1.82, 2.24) is 0 Å². The Morgan fingerprint density at radius 3 is 2.42 bits per heavy atom. The van der Waals surface area contributed by atoms with E-state index >= 15 is 0 Å². The first kappa shape index (κ1) is 12.9. The lowest BCUT2D eigenvalue weighted by atomic mass is 10.1. The molecule has 0 saturated carbocycles. The molecular formula is C15H13FN2O. The van der Waals surface area contributed by atoms with Crippen LogP contribution in [0.2, 0.25) is 0 Å². The summed E-state index contributed by atoms with van der Waals surface area (Å²) in [5, 5.41) is 11.9. The standard InChI is InChI=1S/C15H13FN2O/c1-10-7-12(4-3-11(10)9-17)18-13-5-6-15(19-2)14(16)8-13/h3-8,18H,1-2H3. The molecule has 0 unspecified atom stereocenters. The number of nitriles is 1. The molecule has 0 aliphatic carbocycles. The number of methoxy groups -OCH3 is 1. The maximum Gasteiger partial charge on any atom is 0.167 e. The Bertz CT molecular complexity index is 647. The zero-order valence-corrected chi connectivity index (χ0v) is 10.7.